The van der Waals surface area contributed by atoms with Crippen molar-refractivity contribution in [3.8, 4) is 0 Å². The second kappa shape index (κ2) is 3.90. The summed E-state index contributed by atoms with van der Waals surface area (Å²) in [6.45, 7) is 0. The molecule has 0 unspecified atom stereocenters. The van der Waals surface area contributed by atoms with E-state index >= 15 is 0 Å². The molecule has 0 saturated heterocycles. The average molecular weight is 274 g/mol. The molecule has 1 heterocycles. The highest BCUT2D eigenvalue weighted by molar-refractivity contribution is 8.13. The first-order valence-electron chi connectivity index (χ1n) is 4.23. The van der Waals surface area contributed by atoms with Crippen molar-refractivity contribution in [3.63, 3.8) is 0 Å². The summed E-state index contributed by atoms with van der Waals surface area (Å²) in [5.41, 5.74) is 0.0127. The fraction of sp³-hybridized carbons (Fsp3) is 0. The van der Waals surface area contributed by atoms with Crippen molar-refractivity contribution >= 4 is 36.3 Å². The van der Waals surface area contributed by atoms with Crippen LogP contribution in [-0.4, -0.2) is 23.3 Å². The summed E-state index contributed by atoms with van der Waals surface area (Å²) in [6, 6.07) is 3.63. The van der Waals surface area contributed by atoms with Crippen LogP contribution in [0.4, 0.5) is 5.69 Å². The van der Waals surface area contributed by atoms with E-state index in [0.717, 1.165) is 12.4 Å². The summed E-state index contributed by atoms with van der Waals surface area (Å²) in [7, 11) is 1.11. The summed E-state index contributed by atoms with van der Waals surface area (Å²) >= 11 is 0. The van der Waals surface area contributed by atoms with Gasteiger partial charge in [0, 0.05) is 28.2 Å². The van der Waals surface area contributed by atoms with Crippen LogP contribution in [0.5, 0.6) is 0 Å². The molecule has 0 saturated carbocycles. The number of fused-ring (bicyclic) bond motifs is 1. The molecule has 0 fully saturated rings. The van der Waals surface area contributed by atoms with E-state index in [1.54, 1.807) is 0 Å². The summed E-state index contributed by atoms with van der Waals surface area (Å²) in [5.74, 6) is 0. The van der Waals surface area contributed by atoms with Crippen LogP contribution in [0, 0.1) is 10.1 Å². The summed E-state index contributed by atoms with van der Waals surface area (Å²) < 4.78 is 22.5. The van der Waals surface area contributed by atoms with E-state index in [-0.39, 0.29) is 16.6 Å². The SMILES string of the molecule is O=[N+]([O-])c1ccc2ncnc(S(=O)(=O)Cl)c2c1. The van der Waals surface area contributed by atoms with Gasteiger partial charge in [-0.05, 0) is 6.07 Å². The Hall–Kier alpha value is -1.80. The van der Waals surface area contributed by atoms with Crippen molar-refractivity contribution in [1.29, 1.82) is 0 Å². The molecule has 9 heteroatoms. The van der Waals surface area contributed by atoms with Gasteiger partial charge in [-0.1, -0.05) is 0 Å². The number of aromatic nitrogens is 2. The number of hydrogen-bond acceptors (Lipinski definition) is 6. The lowest BCUT2D eigenvalue weighted by Gasteiger charge is -2.00. The minimum atomic E-state index is -4.07. The van der Waals surface area contributed by atoms with Gasteiger partial charge >= 0.3 is 0 Å². The molecule has 1 aromatic carbocycles. The van der Waals surface area contributed by atoms with E-state index in [4.69, 9.17) is 10.7 Å². The number of halogens is 1. The Morgan fingerprint density at radius 1 is 1.29 bits per heavy atom. The van der Waals surface area contributed by atoms with Gasteiger partial charge in [-0.25, -0.2) is 18.4 Å². The van der Waals surface area contributed by atoms with Crippen LogP contribution in [-0.2, 0) is 9.05 Å². The van der Waals surface area contributed by atoms with Gasteiger partial charge in [0.15, 0.2) is 5.03 Å². The molecule has 2 rings (SSSR count). The average Bonchev–Trinajstić information content (AvgIpc) is 2.26. The number of nitro benzene ring substituents is 1. The number of non-ortho nitro benzene ring substituents is 1. The zero-order valence-corrected chi connectivity index (χ0v) is 9.64. The number of hydrogen-bond donors (Lipinski definition) is 0. The topological polar surface area (TPSA) is 103 Å². The highest BCUT2D eigenvalue weighted by atomic mass is 35.7. The summed E-state index contributed by atoms with van der Waals surface area (Å²) in [4.78, 5) is 17.3. The summed E-state index contributed by atoms with van der Waals surface area (Å²) in [5, 5.41) is 10.2. The molecule has 0 amide bonds. The van der Waals surface area contributed by atoms with Gasteiger partial charge < -0.3 is 0 Å². The predicted molar refractivity (Wildman–Crippen MR) is 59.2 cm³/mol. The van der Waals surface area contributed by atoms with Crippen molar-refractivity contribution in [2.75, 3.05) is 0 Å². The fourth-order valence-corrected chi connectivity index (χ4v) is 2.30. The van der Waals surface area contributed by atoms with Gasteiger partial charge in [-0.15, -0.1) is 0 Å². The Bertz CT molecular complexity index is 716. The first-order valence-corrected chi connectivity index (χ1v) is 6.54. The first-order chi connectivity index (χ1) is 7.89. The van der Waals surface area contributed by atoms with Crippen LogP contribution in [0.3, 0.4) is 0 Å². The molecule has 0 atom stereocenters. The van der Waals surface area contributed by atoms with Crippen molar-refractivity contribution in [2.45, 2.75) is 5.03 Å². The van der Waals surface area contributed by atoms with Crippen LogP contribution < -0.4 is 0 Å². The Morgan fingerprint density at radius 2 is 2.00 bits per heavy atom. The van der Waals surface area contributed by atoms with Crippen LogP contribution in [0.1, 0.15) is 0 Å². The van der Waals surface area contributed by atoms with E-state index in [9.17, 15) is 18.5 Å². The lowest BCUT2D eigenvalue weighted by Crippen LogP contribution is -1.98. The third kappa shape index (κ3) is 2.17. The summed E-state index contributed by atoms with van der Waals surface area (Å²) in [6.07, 6.45) is 1.03. The normalized spacial score (nSPS) is 11.6. The largest absolute Gasteiger partial charge is 0.279 e. The lowest BCUT2D eigenvalue weighted by atomic mass is 10.2. The Morgan fingerprint density at radius 3 is 2.59 bits per heavy atom. The third-order valence-electron chi connectivity index (χ3n) is 2.02. The second-order valence-corrected chi connectivity index (χ2v) is 5.56. The molecular weight excluding hydrogens is 270 g/mol. The molecule has 7 nitrogen and oxygen atoms in total. The number of nitro groups is 1. The number of nitrogens with zero attached hydrogens (tertiary/aromatic N) is 3. The van der Waals surface area contributed by atoms with Crippen molar-refractivity contribution in [2.24, 2.45) is 0 Å². The lowest BCUT2D eigenvalue weighted by molar-refractivity contribution is -0.384. The van der Waals surface area contributed by atoms with E-state index in [1.807, 2.05) is 0 Å². The number of rotatable bonds is 2. The maximum Gasteiger partial charge on any atom is 0.279 e. The second-order valence-electron chi connectivity index (χ2n) is 3.08. The van der Waals surface area contributed by atoms with Gasteiger partial charge in [0.25, 0.3) is 14.7 Å². The molecule has 17 heavy (non-hydrogen) atoms. The van der Waals surface area contributed by atoms with Gasteiger partial charge in [-0.3, -0.25) is 10.1 Å². The zero-order valence-electron chi connectivity index (χ0n) is 8.07. The van der Waals surface area contributed by atoms with Crippen molar-refractivity contribution in [1.82, 2.24) is 9.97 Å². The Balaban J connectivity index is 2.86. The van der Waals surface area contributed by atoms with E-state index in [0.29, 0.717) is 0 Å². The molecule has 0 bridgehead atoms. The first kappa shape index (κ1) is 11.7. The van der Waals surface area contributed by atoms with Crippen molar-refractivity contribution < 1.29 is 13.3 Å². The highest BCUT2D eigenvalue weighted by Crippen LogP contribution is 2.25. The molecule has 0 aliphatic heterocycles. The van der Waals surface area contributed by atoms with E-state index in [1.165, 1.54) is 12.1 Å². The maximum atomic E-state index is 11.2. The van der Waals surface area contributed by atoms with Crippen LogP contribution in [0.15, 0.2) is 29.6 Å². The minimum Gasteiger partial charge on any atom is -0.258 e. The molecule has 0 aliphatic rings. The van der Waals surface area contributed by atoms with Crippen LogP contribution >= 0.6 is 10.7 Å². The molecule has 1 aromatic heterocycles. The molecule has 88 valence electrons. The quantitative estimate of drug-likeness (QED) is 0.355. The Kier molecular flexibility index (Phi) is 2.68. The molecule has 2 aromatic rings. The molecule has 0 N–H and O–H groups in total. The van der Waals surface area contributed by atoms with Gasteiger partial charge in [0.05, 0.1) is 10.4 Å². The van der Waals surface area contributed by atoms with Crippen molar-refractivity contribution in [3.05, 3.63) is 34.6 Å². The van der Waals surface area contributed by atoms with Gasteiger partial charge in [0.1, 0.15) is 6.33 Å². The monoisotopic (exact) mass is 273 g/mol. The molecule has 0 spiro atoms. The van der Waals surface area contributed by atoms with Crippen LogP contribution in [0.2, 0.25) is 0 Å². The van der Waals surface area contributed by atoms with Crippen LogP contribution in [0.25, 0.3) is 10.9 Å². The Labute approximate surface area is 99.6 Å². The maximum absolute atomic E-state index is 11.2. The molecule has 0 aliphatic carbocycles. The molecular formula is C8H4ClN3O4S. The fourth-order valence-electron chi connectivity index (χ4n) is 1.33. The van der Waals surface area contributed by atoms with E-state index in [2.05, 4.69) is 9.97 Å². The number of benzene rings is 1. The van der Waals surface area contributed by atoms with Gasteiger partial charge in [-0.2, -0.15) is 0 Å². The highest BCUT2D eigenvalue weighted by Gasteiger charge is 2.18. The van der Waals surface area contributed by atoms with Gasteiger partial charge in [0.2, 0.25) is 0 Å². The smallest absolute Gasteiger partial charge is 0.258 e. The molecule has 0 radical (unpaired) electrons. The standard InChI is InChI=1S/C8H4ClN3O4S/c9-17(15,16)8-6-3-5(12(13)14)1-2-7(6)10-4-11-8/h1-4H. The van der Waals surface area contributed by atoms with E-state index < -0.39 is 19.0 Å². The minimum absolute atomic E-state index is 0.0247. The third-order valence-corrected chi connectivity index (χ3v) is 3.25. The predicted octanol–water partition coefficient (Wildman–Crippen LogP) is 1.47. The zero-order chi connectivity index (χ0) is 12.6.